The molecule has 0 radical (unpaired) electrons. The van der Waals surface area contributed by atoms with E-state index in [0.29, 0.717) is 5.92 Å². The lowest BCUT2D eigenvalue weighted by atomic mass is 10.0. The quantitative estimate of drug-likeness (QED) is 0.868. The molecule has 5 nitrogen and oxygen atoms in total. The molecule has 2 N–H and O–H groups in total. The third kappa shape index (κ3) is 2.21. The maximum Gasteiger partial charge on any atom is 0.229 e. The van der Waals surface area contributed by atoms with E-state index in [9.17, 15) is 0 Å². The second-order valence-electron chi connectivity index (χ2n) is 8.28. The monoisotopic (exact) mass is 302 g/mol. The van der Waals surface area contributed by atoms with Crippen molar-refractivity contribution in [1.82, 2.24) is 20.8 Å². The minimum absolute atomic E-state index is 0.181. The average Bonchev–Trinajstić information content (AvgIpc) is 3.19. The van der Waals surface area contributed by atoms with Gasteiger partial charge in [-0.1, -0.05) is 12.1 Å². The predicted octanol–water partition coefficient (Wildman–Crippen LogP) is 1.81. The van der Waals surface area contributed by atoms with Gasteiger partial charge in [0.2, 0.25) is 5.89 Å². The van der Waals surface area contributed by atoms with Gasteiger partial charge in [0.15, 0.2) is 5.82 Å². The lowest BCUT2D eigenvalue weighted by molar-refractivity contribution is 0.340. The molecular formula is C17H26N4O. The zero-order chi connectivity index (χ0) is 14.7. The molecule has 1 aromatic heterocycles. The average molecular weight is 302 g/mol. The molecule has 5 atom stereocenters. The Morgan fingerprint density at radius 1 is 1.23 bits per heavy atom. The van der Waals surface area contributed by atoms with Crippen LogP contribution in [0.15, 0.2) is 4.52 Å². The van der Waals surface area contributed by atoms with Crippen molar-refractivity contribution >= 4 is 0 Å². The number of fused-ring (bicyclic) bond motifs is 1. The molecule has 4 fully saturated rings. The third-order valence-electron chi connectivity index (χ3n) is 6.59. The van der Waals surface area contributed by atoms with Crippen LogP contribution in [-0.4, -0.2) is 35.8 Å². The summed E-state index contributed by atoms with van der Waals surface area (Å²) >= 11 is 0. The van der Waals surface area contributed by atoms with Crippen molar-refractivity contribution in [3.05, 3.63) is 11.7 Å². The molecule has 1 aliphatic heterocycles. The van der Waals surface area contributed by atoms with Crippen LogP contribution >= 0.6 is 0 Å². The van der Waals surface area contributed by atoms with E-state index in [2.05, 4.69) is 22.7 Å². The van der Waals surface area contributed by atoms with Crippen molar-refractivity contribution in [3.63, 3.8) is 0 Å². The highest BCUT2D eigenvalue weighted by Crippen LogP contribution is 2.48. The van der Waals surface area contributed by atoms with Gasteiger partial charge in [-0.3, -0.25) is 0 Å². The second-order valence-corrected chi connectivity index (χ2v) is 8.28. The van der Waals surface area contributed by atoms with Crippen molar-refractivity contribution in [2.24, 2.45) is 17.8 Å². The number of nitrogens with one attached hydrogen (secondary N) is 2. The van der Waals surface area contributed by atoms with Gasteiger partial charge in [0.05, 0.1) is 0 Å². The first-order chi connectivity index (χ1) is 10.7. The molecule has 120 valence electrons. The number of hydrogen-bond acceptors (Lipinski definition) is 5. The minimum atomic E-state index is 0.181. The predicted molar refractivity (Wildman–Crippen MR) is 82.6 cm³/mol. The molecule has 1 aromatic rings. The zero-order valence-corrected chi connectivity index (χ0v) is 13.3. The summed E-state index contributed by atoms with van der Waals surface area (Å²) in [5.41, 5.74) is 0.181. The Morgan fingerprint density at radius 3 is 2.59 bits per heavy atom. The van der Waals surface area contributed by atoms with Gasteiger partial charge in [-0.05, 0) is 62.9 Å². The van der Waals surface area contributed by atoms with Crippen LogP contribution in [0.2, 0.25) is 0 Å². The summed E-state index contributed by atoms with van der Waals surface area (Å²) in [6, 6.07) is 0.727. The Labute approximate surface area is 131 Å². The van der Waals surface area contributed by atoms with E-state index in [1.807, 2.05) is 0 Å². The van der Waals surface area contributed by atoms with Crippen LogP contribution in [0.1, 0.15) is 56.7 Å². The zero-order valence-electron chi connectivity index (χ0n) is 13.3. The number of hydrogen-bond donors (Lipinski definition) is 2. The molecule has 3 saturated carbocycles. The molecule has 0 amide bonds. The normalized spacial score (nSPS) is 41.6. The summed E-state index contributed by atoms with van der Waals surface area (Å²) in [5.74, 6) is 4.89. The summed E-state index contributed by atoms with van der Waals surface area (Å²) in [7, 11) is 0. The molecule has 0 aromatic carbocycles. The van der Waals surface area contributed by atoms with Gasteiger partial charge in [-0.25, -0.2) is 0 Å². The second kappa shape index (κ2) is 4.78. The van der Waals surface area contributed by atoms with Crippen molar-refractivity contribution in [2.45, 2.75) is 56.4 Å². The molecular weight excluding hydrogens is 276 g/mol. The third-order valence-corrected chi connectivity index (χ3v) is 6.59. The van der Waals surface area contributed by atoms with Gasteiger partial charge in [-0.2, -0.15) is 4.98 Å². The molecule has 5 rings (SSSR count). The van der Waals surface area contributed by atoms with Crippen LogP contribution in [0.3, 0.4) is 0 Å². The molecule has 0 bridgehead atoms. The van der Waals surface area contributed by atoms with Crippen molar-refractivity contribution < 1.29 is 4.52 Å². The van der Waals surface area contributed by atoms with Crippen LogP contribution in [0.25, 0.3) is 0 Å². The summed E-state index contributed by atoms with van der Waals surface area (Å²) < 4.78 is 5.67. The summed E-state index contributed by atoms with van der Waals surface area (Å²) in [6.07, 6.45) is 6.19. The van der Waals surface area contributed by atoms with Gasteiger partial charge in [0.25, 0.3) is 0 Å². The smallest absolute Gasteiger partial charge is 0.229 e. The molecule has 2 heterocycles. The Bertz CT molecular complexity index is 555. The first kappa shape index (κ1) is 13.5. The van der Waals surface area contributed by atoms with Gasteiger partial charge < -0.3 is 15.2 Å². The molecule has 22 heavy (non-hydrogen) atoms. The van der Waals surface area contributed by atoms with Crippen LogP contribution in [0, 0.1) is 17.8 Å². The number of nitrogens with zero attached hydrogens (tertiary/aromatic N) is 2. The highest BCUT2D eigenvalue weighted by Gasteiger charge is 2.50. The van der Waals surface area contributed by atoms with E-state index >= 15 is 0 Å². The summed E-state index contributed by atoms with van der Waals surface area (Å²) in [4.78, 5) is 4.83. The van der Waals surface area contributed by atoms with Gasteiger partial charge in [-0.15, -0.1) is 0 Å². The number of aromatic nitrogens is 2. The lowest BCUT2D eigenvalue weighted by Gasteiger charge is -2.11. The fourth-order valence-electron chi connectivity index (χ4n) is 4.55. The minimum Gasteiger partial charge on any atom is -0.339 e. The standard InChI is InChI=1S/C17H26N4O/c1-10-4-14(10)19-9-17(2-3-17)16-20-15(22-21-16)11-5-12-7-18-8-13(12)6-11/h10-14,18-19H,2-9H2,1H3/t10-,11-,12-,13+,14-/m1/s1. The maximum absolute atomic E-state index is 5.67. The van der Waals surface area contributed by atoms with Crippen LogP contribution < -0.4 is 10.6 Å². The van der Waals surface area contributed by atoms with Crippen molar-refractivity contribution in [2.75, 3.05) is 19.6 Å². The van der Waals surface area contributed by atoms with Crippen molar-refractivity contribution in [1.29, 1.82) is 0 Å². The van der Waals surface area contributed by atoms with E-state index in [-0.39, 0.29) is 5.41 Å². The molecule has 0 unspecified atom stereocenters. The van der Waals surface area contributed by atoms with Crippen molar-refractivity contribution in [3.8, 4) is 0 Å². The van der Waals surface area contributed by atoms with Gasteiger partial charge in [0, 0.05) is 23.9 Å². The Hall–Kier alpha value is -0.940. The molecule has 4 aliphatic rings. The molecule has 5 heteroatoms. The van der Waals surface area contributed by atoms with Crippen LogP contribution in [-0.2, 0) is 5.41 Å². The Morgan fingerprint density at radius 2 is 1.95 bits per heavy atom. The topological polar surface area (TPSA) is 63.0 Å². The summed E-state index contributed by atoms with van der Waals surface area (Å²) in [5, 5.41) is 11.6. The Kier molecular flexibility index (Phi) is 2.93. The maximum atomic E-state index is 5.67. The SMILES string of the molecule is C[C@@H]1C[C@H]1NCC1(c2noc([C@H]3C[C@H]4CNC[C@H]4C3)n2)CC1. The molecule has 1 saturated heterocycles. The van der Waals surface area contributed by atoms with E-state index < -0.39 is 0 Å². The van der Waals surface area contributed by atoms with Gasteiger partial charge >= 0.3 is 0 Å². The van der Waals surface area contributed by atoms with Gasteiger partial charge in [0.1, 0.15) is 0 Å². The van der Waals surface area contributed by atoms with Crippen LogP contribution in [0.5, 0.6) is 0 Å². The van der Waals surface area contributed by atoms with E-state index in [1.165, 1.54) is 45.2 Å². The first-order valence-corrected chi connectivity index (χ1v) is 9.02. The Balaban J connectivity index is 1.26. The van der Waals surface area contributed by atoms with E-state index in [0.717, 1.165) is 42.1 Å². The highest BCUT2D eigenvalue weighted by molar-refractivity contribution is 5.19. The van der Waals surface area contributed by atoms with E-state index in [1.54, 1.807) is 0 Å². The van der Waals surface area contributed by atoms with Crippen LogP contribution in [0.4, 0.5) is 0 Å². The first-order valence-electron chi connectivity index (χ1n) is 9.02. The molecule has 0 spiro atoms. The number of rotatable bonds is 5. The fraction of sp³-hybridized carbons (Fsp3) is 0.882. The fourth-order valence-corrected chi connectivity index (χ4v) is 4.55. The highest BCUT2D eigenvalue weighted by atomic mass is 16.5. The lowest BCUT2D eigenvalue weighted by Crippen LogP contribution is -2.30. The summed E-state index contributed by atoms with van der Waals surface area (Å²) in [6.45, 7) is 5.70. The molecule has 3 aliphatic carbocycles. The van der Waals surface area contributed by atoms with E-state index in [4.69, 9.17) is 9.51 Å². The largest absolute Gasteiger partial charge is 0.339 e.